The van der Waals surface area contributed by atoms with Crippen molar-refractivity contribution in [1.29, 1.82) is 0 Å². The Morgan fingerprint density at radius 3 is 2.22 bits per heavy atom. The van der Waals surface area contributed by atoms with E-state index >= 15 is 0 Å². The van der Waals surface area contributed by atoms with Gasteiger partial charge in [-0.2, -0.15) is 0 Å². The molecule has 2 unspecified atom stereocenters. The Kier molecular flexibility index (Phi) is 6.81. The summed E-state index contributed by atoms with van der Waals surface area (Å²) in [4.78, 5) is 0. The molecule has 0 saturated heterocycles. The van der Waals surface area contributed by atoms with Gasteiger partial charge in [0.1, 0.15) is 0 Å². The zero-order chi connectivity index (χ0) is 13.7. The van der Waals surface area contributed by atoms with Crippen LogP contribution in [0.2, 0.25) is 0 Å². The lowest BCUT2D eigenvalue weighted by Gasteiger charge is -2.26. The summed E-state index contributed by atoms with van der Waals surface area (Å²) < 4.78 is 12.6. The summed E-state index contributed by atoms with van der Waals surface area (Å²) in [5.41, 5.74) is 1.20. The van der Waals surface area contributed by atoms with Gasteiger partial charge in [-0.1, -0.05) is 37.9 Å². The van der Waals surface area contributed by atoms with Crippen molar-refractivity contribution in [1.82, 2.24) is 5.32 Å². The van der Waals surface area contributed by atoms with Crippen LogP contribution in [0.3, 0.4) is 0 Å². The molecule has 1 rings (SSSR count). The Labute approximate surface area is 125 Å². The third-order valence-electron chi connectivity index (χ3n) is 2.81. The predicted molar refractivity (Wildman–Crippen MR) is 80.7 cm³/mol. The quantitative estimate of drug-likeness (QED) is 0.760. The van der Waals surface area contributed by atoms with Gasteiger partial charge < -0.3 is 14.8 Å². The number of rotatable bonds is 6. The monoisotopic (exact) mass is 379 g/mol. The Bertz CT molecular complexity index is 383. The first kappa shape index (κ1) is 16.1. The largest absolute Gasteiger partial charge is 0.354 e. The molecule has 0 amide bonds. The molecule has 0 radical (unpaired) electrons. The lowest BCUT2D eigenvalue weighted by atomic mass is 10.1. The highest BCUT2D eigenvalue weighted by molar-refractivity contribution is 9.11. The van der Waals surface area contributed by atoms with Crippen LogP contribution in [0.1, 0.15) is 25.5 Å². The molecule has 5 heteroatoms. The van der Waals surface area contributed by atoms with Gasteiger partial charge in [0.15, 0.2) is 6.29 Å². The fourth-order valence-corrected chi connectivity index (χ4v) is 3.31. The van der Waals surface area contributed by atoms with E-state index in [0.717, 1.165) is 8.95 Å². The highest BCUT2D eigenvalue weighted by Crippen LogP contribution is 2.27. The van der Waals surface area contributed by atoms with E-state index in [9.17, 15) is 0 Å². The fraction of sp³-hybridized carbons (Fsp3) is 0.538. The molecule has 0 bridgehead atoms. The molecule has 0 heterocycles. The molecule has 1 aromatic rings. The number of halogens is 2. The third kappa shape index (κ3) is 4.31. The summed E-state index contributed by atoms with van der Waals surface area (Å²) in [6.45, 7) is 4.16. The van der Waals surface area contributed by atoms with Crippen LogP contribution in [0.25, 0.3) is 0 Å². The summed E-state index contributed by atoms with van der Waals surface area (Å²) >= 11 is 7.03. The van der Waals surface area contributed by atoms with Gasteiger partial charge in [-0.25, -0.2) is 0 Å². The number of hydrogen-bond acceptors (Lipinski definition) is 3. The van der Waals surface area contributed by atoms with Crippen molar-refractivity contribution in [2.45, 2.75) is 32.2 Å². The summed E-state index contributed by atoms with van der Waals surface area (Å²) in [7, 11) is 3.29. The van der Waals surface area contributed by atoms with Crippen LogP contribution in [0.4, 0.5) is 0 Å². The average molecular weight is 381 g/mol. The SMILES string of the molecule is COC(OC)C(C)NC(C)c1ccc(Br)cc1Br. The molecular formula is C13H19Br2NO2. The standard InChI is InChI=1S/C13H19Br2NO2/c1-8(16-9(2)13(17-3)18-4)11-6-5-10(14)7-12(11)15/h5-9,13,16H,1-4H3. The van der Waals surface area contributed by atoms with Gasteiger partial charge in [-0.3, -0.25) is 0 Å². The van der Waals surface area contributed by atoms with Gasteiger partial charge in [-0.15, -0.1) is 0 Å². The molecule has 0 aliphatic rings. The smallest absolute Gasteiger partial charge is 0.171 e. The van der Waals surface area contributed by atoms with E-state index in [1.165, 1.54) is 5.56 Å². The van der Waals surface area contributed by atoms with E-state index in [1.807, 2.05) is 19.1 Å². The van der Waals surface area contributed by atoms with Gasteiger partial charge in [-0.05, 0) is 31.5 Å². The van der Waals surface area contributed by atoms with Gasteiger partial charge in [0, 0.05) is 29.2 Å². The maximum Gasteiger partial charge on any atom is 0.171 e. The molecule has 0 saturated carbocycles. The molecule has 0 aromatic heterocycles. The van der Waals surface area contributed by atoms with E-state index in [4.69, 9.17) is 9.47 Å². The van der Waals surface area contributed by atoms with Crippen molar-refractivity contribution < 1.29 is 9.47 Å². The van der Waals surface area contributed by atoms with Crippen LogP contribution in [0, 0.1) is 0 Å². The minimum Gasteiger partial charge on any atom is -0.354 e. The van der Waals surface area contributed by atoms with Crippen molar-refractivity contribution >= 4 is 31.9 Å². The Morgan fingerprint density at radius 2 is 1.72 bits per heavy atom. The second kappa shape index (κ2) is 7.60. The number of ether oxygens (including phenoxy) is 2. The summed E-state index contributed by atoms with van der Waals surface area (Å²) in [5, 5.41) is 3.46. The number of benzene rings is 1. The number of hydrogen-bond donors (Lipinski definition) is 1. The second-order valence-corrected chi connectivity index (χ2v) is 5.95. The van der Waals surface area contributed by atoms with Crippen molar-refractivity contribution in [3.63, 3.8) is 0 Å². The third-order valence-corrected chi connectivity index (χ3v) is 3.99. The van der Waals surface area contributed by atoms with Gasteiger partial charge in [0.05, 0.1) is 6.04 Å². The Morgan fingerprint density at radius 1 is 1.11 bits per heavy atom. The van der Waals surface area contributed by atoms with Crippen LogP contribution >= 0.6 is 31.9 Å². The van der Waals surface area contributed by atoms with E-state index in [0.29, 0.717) is 0 Å². The maximum absolute atomic E-state index is 5.24. The molecule has 0 fully saturated rings. The molecule has 2 atom stereocenters. The van der Waals surface area contributed by atoms with E-state index < -0.39 is 0 Å². The maximum atomic E-state index is 5.24. The fourth-order valence-electron chi connectivity index (χ4n) is 1.92. The van der Waals surface area contributed by atoms with Crippen molar-refractivity contribution in [2.24, 2.45) is 0 Å². The van der Waals surface area contributed by atoms with Crippen molar-refractivity contribution in [2.75, 3.05) is 14.2 Å². The Balaban J connectivity index is 2.72. The van der Waals surface area contributed by atoms with Crippen LogP contribution in [0.15, 0.2) is 27.1 Å². The van der Waals surface area contributed by atoms with E-state index in [2.05, 4.69) is 50.2 Å². The average Bonchev–Trinajstić information content (AvgIpc) is 2.30. The highest BCUT2D eigenvalue weighted by Gasteiger charge is 2.19. The molecule has 0 aliphatic carbocycles. The van der Waals surface area contributed by atoms with E-state index in [-0.39, 0.29) is 18.4 Å². The molecule has 0 aliphatic heterocycles. The Hall–Kier alpha value is 0.0600. The first-order valence-corrected chi connectivity index (χ1v) is 7.34. The van der Waals surface area contributed by atoms with Gasteiger partial charge in [0.25, 0.3) is 0 Å². The normalized spacial score (nSPS) is 14.8. The minimum atomic E-state index is -0.248. The summed E-state index contributed by atoms with van der Waals surface area (Å²) in [6.07, 6.45) is -0.248. The first-order valence-electron chi connectivity index (χ1n) is 5.76. The lowest BCUT2D eigenvalue weighted by Crippen LogP contribution is -2.40. The number of nitrogens with one attached hydrogen (secondary N) is 1. The lowest BCUT2D eigenvalue weighted by molar-refractivity contribution is -0.120. The molecule has 1 N–H and O–H groups in total. The van der Waals surface area contributed by atoms with Crippen LogP contribution < -0.4 is 5.32 Å². The first-order chi connectivity index (χ1) is 8.49. The molecule has 18 heavy (non-hydrogen) atoms. The zero-order valence-corrected chi connectivity index (χ0v) is 14.2. The minimum absolute atomic E-state index is 0.102. The molecule has 3 nitrogen and oxygen atoms in total. The topological polar surface area (TPSA) is 30.5 Å². The van der Waals surface area contributed by atoms with Gasteiger partial charge >= 0.3 is 0 Å². The van der Waals surface area contributed by atoms with Crippen LogP contribution in [-0.2, 0) is 9.47 Å². The zero-order valence-electron chi connectivity index (χ0n) is 11.0. The second-order valence-electron chi connectivity index (χ2n) is 4.18. The molecular weight excluding hydrogens is 362 g/mol. The summed E-state index contributed by atoms with van der Waals surface area (Å²) in [5.74, 6) is 0. The van der Waals surface area contributed by atoms with Crippen LogP contribution in [0.5, 0.6) is 0 Å². The summed E-state index contributed by atoms with van der Waals surface area (Å²) in [6, 6.07) is 6.48. The number of methoxy groups -OCH3 is 2. The molecule has 1 aromatic carbocycles. The van der Waals surface area contributed by atoms with Crippen molar-refractivity contribution in [3.8, 4) is 0 Å². The highest BCUT2D eigenvalue weighted by atomic mass is 79.9. The van der Waals surface area contributed by atoms with Crippen molar-refractivity contribution in [3.05, 3.63) is 32.7 Å². The van der Waals surface area contributed by atoms with Crippen LogP contribution in [-0.4, -0.2) is 26.6 Å². The molecule has 0 spiro atoms. The molecule has 102 valence electrons. The van der Waals surface area contributed by atoms with E-state index in [1.54, 1.807) is 14.2 Å². The van der Waals surface area contributed by atoms with Gasteiger partial charge in [0.2, 0.25) is 0 Å². The predicted octanol–water partition coefficient (Wildman–Crippen LogP) is 3.87.